The van der Waals surface area contributed by atoms with Crippen molar-refractivity contribution in [2.24, 2.45) is 0 Å². The first-order chi connectivity index (χ1) is 12.8. The third-order valence-electron chi connectivity index (χ3n) is 4.13. The first-order valence-corrected chi connectivity index (χ1v) is 9.59. The highest BCUT2D eigenvalue weighted by molar-refractivity contribution is 7.11. The quantitative estimate of drug-likeness (QED) is 0.518. The van der Waals surface area contributed by atoms with Crippen molar-refractivity contribution < 1.29 is 14.6 Å². The van der Waals surface area contributed by atoms with Crippen LogP contribution in [-0.4, -0.2) is 11.1 Å². The molecule has 1 heterocycles. The number of hydrogen-bond acceptors (Lipinski definition) is 3. The molecule has 0 unspecified atom stereocenters. The number of aliphatic carboxylic acids is 1. The highest BCUT2D eigenvalue weighted by Gasteiger charge is 2.18. The summed E-state index contributed by atoms with van der Waals surface area (Å²) in [6.07, 6.45) is 1.68. The Balaban J connectivity index is 1.85. The second-order valence-electron chi connectivity index (χ2n) is 7.26. The molecule has 0 saturated carbocycles. The Labute approximate surface area is 163 Å². The van der Waals surface area contributed by atoms with Gasteiger partial charge in [0.25, 0.3) is 0 Å². The monoisotopic (exact) mass is 378 g/mol. The molecule has 0 aliphatic heterocycles. The smallest absolute Gasteiger partial charge is 0.337 e. The van der Waals surface area contributed by atoms with E-state index in [1.165, 1.54) is 11.3 Å². The number of carboxylic acid groups (broad SMARTS) is 1. The minimum absolute atomic E-state index is 0.0175. The third-order valence-corrected chi connectivity index (χ3v) is 5.03. The SMILES string of the molecule is CC(C)(C)c1ccccc1Oc1ccc(/C=C(\C(=O)O)c2cccs2)cc1. The summed E-state index contributed by atoms with van der Waals surface area (Å²) < 4.78 is 6.08. The van der Waals surface area contributed by atoms with Crippen LogP contribution in [0.2, 0.25) is 0 Å². The predicted molar refractivity (Wildman–Crippen MR) is 111 cm³/mol. The molecule has 0 radical (unpaired) electrons. The Morgan fingerprint density at radius 2 is 1.70 bits per heavy atom. The van der Waals surface area contributed by atoms with Crippen LogP contribution in [0, 0.1) is 0 Å². The van der Waals surface area contributed by atoms with Gasteiger partial charge in [0.05, 0.1) is 5.57 Å². The van der Waals surface area contributed by atoms with Crippen LogP contribution in [0.25, 0.3) is 11.6 Å². The molecule has 0 aliphatic carbocycles. The van der Waals surface area contributed by atoms with Gasteiger partial charge in [-0.15, -0.1) is 11.3 Å². The fraction of sp³-hybridized carbons (Fsp3) is 0.174. The molecule has 0 aliphatic rings. The fourth-order valence-corrected chi connectivity index (χ4v) is 3.51. The van der Waals surface area contributed by atoms with Crippen molar-refractivity contribution in [1.82, 2.24) is 0 Å². The van der Waals surface area contributed by atoms with E-state index in [0.29, 0.717) is 0 Å². The average Bonchev–Trinajstić information content (AvgIpc) is 3.14. The summed E-state index contributed by atoms with van der Waals surface area (Å²) in [6, 6.07) is 19.1. The molecule has 2 aromatic carbocycles. The van der Waals surface area contributed by atoms with Gasteiger partial charge < -0.3 is 9.84 Å². The van der Waals surface area contributed by atoms with Crippen molar-refractivity contribution in [3.8, 4) is 11.5 Å². The lowest BCUT2D eigenvalue weighted by molar-refractivity contribution is -0.130. The Hall–Kier alpha value is -2.85. The zero-order valence-corrected chi connectivity index (χ0v) is 16.4. The van der Waals surface area contributed by atoms with Gasteiger partial charge in [0.15, 0.2) is 0 Å². The van der Waals surface area contributed by atoms with Gasteiger partial charge in [-0.3, -0.25) is 0 Å². The third kappa shape index (κ3) is 4.66. The molecule has 0 atom stereocenters. The van der Waals surface area contributed by atoms with E-state index in [0.717, 1.165) is 27.5 Å². The number of hydrogen-bond donors (Lipinski definition) is 1. The van der Waals surface area contributed by atoms with Gasteiger partial charge in [-0.05, 0) is 46.7 Å². The van der Waals surface area contributed by atoms with E-state index >= 15 is 0 Å². The maximum absolute atomic E-state index is 11.6. The Kier molecular flexibility index (Phi) is 5.47. The summed E-state index contributed by atoms with van der Waals surface area (Å²) in [6.45, 7) is 6.46. The molecule has 0 bridgehead atoms. The standard InChI is InChI=1S/C23H22O3S/c1-23(2,3)19-7-4-5-8-20(19)26-17-12-10-16(11-13-17)15-18(22(24)25)21-9-6-14-27-21/h4-15H,1-3H3,(H,24,25)/b18-15-. The van der Waals surface area contributed by atoms with E-state index in [1.54, 1.807) is 6.08 Å². The van der Waals surface area contributed by atoms with Gasteiger partial charge in [0.1, 0.15) is 11.5 Å². The lowest BCUT2D eigenvalue weighted by Crippen LogP contribution is -2.12. The van der Waals surface area contributed by atoms with Crippen molar-refractivity contribution in [1.29, 1.82) is 0 Å². The normalized spacial score (nSPS) is 12.0. The molecule has 0 fully saturated rings. The van der Waals surface area contributed by atoms with Crippen LogP contribution in [0.15, 0.2) is 66.0 Å². The Bertz CT molecular complexity index is 946. The van der Waals surface area contributed by atoms with Crippen LogP contribution in [-0.2, 0) is 10.2 Å². The van der Waals surface area contributed by atoms with E-state index in [9.17, 15) is 9.90 Å². The molecule has 4 heteroatoms. The second-order valence-corrected chi connectivity index (χ2v) is 8.21. The summed E-state index contributed by atoms with van der Waals surface area (Å²) in [4.78, 5) is 12.3. The van der Waals surface area contributed by atoms with Gasteiger partial charge in [-0.1, -0.05) is 57.2 Å². The van der Waals surface area contributed by atoms with Gasteiger partial charge in [0.2, 0.25) is 0 Å². The number of ether oxygens (including phenoxy) is 1. The molecular weight excluding hydrogens is 356 g/mol. The molecule has 3 rings (SSSR count). The molecule has 0 saturated heterocycles. The summed E-state index contributed by atoms with van der Waals surface area (Å²) in [5.74, 6) is 0.617. The number of benzene rings is 2. The van der Waals surface area contributed by atoms with Gasteiger partial charge in [-0.25, -0.2) is 4.79 Å². The lowest BCUT2D eigenvalue weighted by atomic mass is 9.86. The molecule has 0 amide bonds. The van der Waals surface area contributed by atoms with E-state index in [-0.39, 0.29) is 11.0 Å². The second kappa shape index (κ2) is 7.80. The zero-order valence-electron chi connectivity index (χ0n) is 15.6. The summed E-state index contributed by atoms with van der Waals surface area (Å²) >= 11 is 1.41. The summed E-state index contributed by atoms with van der Waals surface area (Å²) in [5.41, 5.74) is 2.23. The summed E-state index contributed by atoms with van der Waals surface area (Å²) in [7, 11) is 0. The van der Waals surface area contributed by atoms with E-state index < -0.39 is 5.97 Å². The minimum atomic E-state index is -0.933. The van der Waals surface area contributed by atoms with E-state index in [2.05, 4.69) is 26.8 Å². The topological polar surface area (TPSA) is 46.5 Å². The molecule has 3 nitrogen and oxygen atoms in total. The maximum Gasteiger partial charge on any atom is 0.337 e. The Morgan fingerprint density at radius 1 is 1.00 bits per heavy atom. The van der Waals surface area contributed by atoms with Crippen molar-refractivity contribution in [2.75, 3.05) is 0 Å². The van der Waals surface area contributed by atoms with Crippen LogP contribution in [0.3, 0.4) is 0 Å². The van der Waals surface area contributed by atoms with Gasteiger partial charge in [0, 0.05) is 10.4 Å². The first-order valence-electron chi connectivity index (χ1n) is 8.71. The molecular formula is C23H22O3S. The minimum Gasteiger partial charge on any atom is -0.478 e. The molecule has 1 aromatic heterocycles. The number of para-hydroxylation sites is 1. The van der Waals surface area contributed by atoms with Crippen molar-refractivity contribution in [3.05, 3.63) is 82.0 Å². The van der Waals surface area contributed by atoms with Crippen molar-refractivity contribution >= 4 is 29.0 Å². The fourth-order valence-electron chi connectivity index (χ4n) is 2.77. The van der Waals surface area contributed by atoms with Crippen LogP contribution in [0.4, 0.5) is 0 Å². The van der Waals surface area contributed by atoms with E-state index in [4.69, 9.17) is 4.74 Å². The van der Waals surface area contributed by atoms with Gasteiger partial charge >= 0.3 is 5.97 Å². The van der Waals surface area contributed by atoms with Crippen molar-refractivity contribution in [2.45, 2.75) is 26.2 Å². The predicted octanol–water partition coefficient (Wildman–Crippen LogP) is 6.46. The van der Waals surface area contributed by atoms with E-state index in [1.807, 2.05) is 60.0 Å². The van der Waals surface area contributed by atoms with Crippen LogP contribution in [0.1, 0.15) is 36.8 Å². The Morgan fingerprint density at radius 3 is 2.30 bits per heavy atom. The number of thiophene rings is 1. The number of carboxylic acids is 1. The number of carbonyl (C=O) groups is 1. The molecule has 0 spiro atoms. The highest BCUT2D eigenvalue weighted by Crippen LogP contribution is 2.34. The first kappa shape index (κ1) is 18.9. The maximum atomic E-state index is 11.6. The summed E-state index contributed by atoms with van der Waals surface area (Å²) in [5, 5.41) is 11.3. The number of rotatable bonds is 5. The lowest BCUT2D eigenvalue weighted by Gasteiger charge is -2.22. The van der Waals surface area contributed by atoms with Crippen LogP contribution in [0.5, 0.6) is 11.5 Å². The van der Waals surface area contributed by atoms with Gasteiger partial charge in [-0.2, -0.15) is 0 Å². The molecule has 1 N–H and O–H groups in total. The molecule has 27 heavy (non-hydrogen) atoms. The largest absolute Gasteiger partial charge is 0.478 e. The molecule has 3 aromatic rings. The molecule has 138 valence electrons. The van der Waals surface area contributed by atoms with Crippen molar-refractivity contribution in [3.63, 3.8) is 0 Å². The highest BCUT2D eigenvalue weighted by atomic mass is 32.1. The zero-order chi connectivity index (χ0) is 19.4. The average molecular weight is 378 g/mol. The van der Waals surface area contributed by atoms with Crippen LogP contribution >= 0.6 is 11.3 Å². The van der Waals surface area contributed by atoms with Crippen LogP contribution < -0.4 is 4.74 Å².